The summed E-state index contributed by atoms with van der Waals surface area (Å²) >= 11 is 1.61. The Kier molecular flexibility index (Phi) is 7.97. The number of hydrogen-bond donors (Lipinski definition) is 0. The van der Waals surface area contributed by atoms with Gasteiger partial charge in [-0.3, -0.25) is 4.98 Å². The van der Waals surface area contributed by atoms with Crippen LogP contribution in [-0.2, 0) is 25.3 Å². The predicted octanol–water partition coefficient (Wildman–Crippen LogP) is 4.95. The van der Waals surface area contributed by atoms with Gasteiger partial charge in [-0.2, -0.15) is 0 Å². The van der Waals surface area contributed by atoms with Crippen LogP contribution in [0.25, 0.3) is 33.3 Å². The topological polar surface area (TPSA) is 34.0 Å². The molecule has 0 unspecified atom stereocenters. The van der Waals surface area contributed by atoms with Crippen molar-refractivity contribution in [1.29, 1.82) is 0 Å². The predicted molar refractivity (Wildman–Crippen MR) is 111 cm³/mol. The van der Waals surface area contributed by atoms with Gasteiger partial charge in [0.1, 0.15) is 5.82 Å². The number of aromatic nitrogens is 3. The van der Waals surface area contributed by atoms with E-state index in [4.69, 9.17) is 4.98 Å². The third-order valence-corrected chi connectivity index (χ3v) is 4.30. The summed E-state index contributed by atoms with van der Waals surface area (Å²) in [7, 11) is 8.80. The van der Waals surface area contributed by atoms with E-state index in [1.165, 1.54) is 5.52 Å². The molecule has 0 amide bonds. The normalized spacial score (nSPS) is 10.6. The summed E-state index contributed by atoms with van der Waals surface area (Å²) in [4.78, 5) is 11.7. The molecule has 144 valence electrons. The zero-order valence-corrected chi connectivity index (χ0v) is 18.7. The Labute approximate surface area is 176 Å². The first kappa shape index (κ1) is 21.6. The second-order valence-corrected chi connectivity index (χ2v) is 6.26. The molecule has 2 aromatic carbocycles. The monoisotopic (exact) mass is 561 g/mol. The molecule has 0 bridgehead atoms. The van der Waals surface area contributed by atoms with E-state index in [-0.39, 0.29) is 7.43 Å². The fourth-order valence-electron chi connectivity index (χ4n) is 3.09. The van der Waals surface area contributed by atoms with Crippen molar-refractivity contribution in [2.24, 2.45) is 0 Å². The van der Waals surface area contributed by atoms with Crippen molar-refractivity contribution in [2.75, 3.05) is 20.6 Å². The molecular formula is C21H23ClN4Pt. The second kappa shape index (κ2) is 9.98. The molecule has 4 nitrogen and oxygen atoms in total. The van der Waals surface area contributed by atoms with Gasteiger partial charge < -0.3 is 16.9 Å². The Morgan fingerprint density at radius 3 is 2.52 bits per heavy atom. The van der Waals surface area contributed by atoms with Gasteiger partial charge in [-0.1, -0.05) is 30.3 Å². The molecule has 0 radical (unpaired) electrons. The molecule has 2 heterocycles. The first-order valence-corrected chi connectivity index (χ1v) is 11.1. The number of para-hydroxylation sites is 3. The summed E-state index contributed by atoms with van der Waals surface area (Å²) in [6, 6.07) is 18.7. The van der Waals surface area contributed by atoms with Gasteiger partial charge in [0.25, 0.3) is 0 Å². The average Bonchev–Trinajstić information content (AvgIpc) is 3.06. The van der Waals surface area contributed by atoms with E-state index in [0.29, 0.717) is 0 Å². The van der Waals surface area contributed by atoms with Gasteiger partial charge in [-0.25, -0.2) is 4.98 Å². The molecule has 0 spiro atoms. The van der Waals surface area contributed by atoms with E-state index in [2.05, 4.69) is 80.4 Å². The maximum atomic E-state index is 4.92. The molecule has 0 fully saturated rings. The van der Waals surface area contributed by atoms with E-state index >= 15 is 0 Å². The van der Waals surface area contributed by atoms with Gasteiger partial charge in [-0.15, -0.1) is 0 Å². The number of imidazole rings is 1. The molecule has 4 aromatic rings. The molecule has 0 N–H and O–H groups in total. The Morgan fingerprint density at radius 2 is 1.74 bits per heavy atom. The fourth-order valence-corrected chi connectivity index (χ4v) is 3.09. The molecule has 27 heavy (non-hydrogen) atoms. The van der Waals surface area contributed by atoms with E-state index in [1.807, 2.05) is 18.3 Å². The van der Waals surface area contributed by atoms with Gasteiger partial charge in [0.05, 0.1) is 16.6 Å². The van der Waals surface area contributed by atoms with Crippen LogP contribution in [0.4, 0.5) is 0 Å². The minimum atomic E-state index is 0. The standard InChI is InChI=1S/C20H20N4.CH3.ClH.Pt/c1-23(2)13-14-24-18-11-4-3-10-17(18)22-20(24)16-9-5-7-15-8-6-12-21-19(15)16;;;/h3-12H,13-14H2,1-2H3;1H3;1H;/q;-1;;+2/p-1. The summed E-state index contributed by atoms with van der Waals surface area (Å²) in [5.41, 5.74) is 4.28. The zero-order valence-electron chi connectivity index (χ0n) is 15.7. The number of hydrogen-bond acceptors (Lipinski definition) is 3. The van der Waals surface area contributed by atoms with Crippen LogP contribution in [0.5, 0.6) is 0 Å². The van der Waals surface area contributed by atoms with Crippen LogP contribution in [-0.4, -0.2) is 40.1 Å². The van der Waals surface area contributed by atoms with Gasteiger partial charge in [-0.05, 0) is 38.4 Å². The first-order chi connectivity index (χ1) is 12.7. The van der Waals surface area contributed by atoms with Crippen LogP contribution in [0, 0.1) is 7.43 Å². The van der Waals surface area contributed by atoms with Crippen molar-refractivity contribution >= 4 is 31.4 Å². The molecule has 0 aliphatic rings. The number of fused-ring (bicyclic) bond motifs is 2. The third-order valence-electron chi connectivity index (χ3n) is 4.30. The SMILES string of the molecule is CN(C)CCn1c(-c2cccc3cccnc23)nc2ccccc21.[CH3-].[Cl][Pt+]. The molecular weight excluding hydrogens is 539 g/mol. The van der Waals surface area contributed by atoms with Gasteiger partial charge >= 0.3 is 28.2 Å². The van der Waals surface area contributed by atoms with Crippen LogP contribution in [0.3, 0.4) is 0 Å². The van der Waals surface area contributed by atoms with E-state index in [0.717, 1.165) is 40.9 Å². The molecule has 0 saturated heterocycles. The first-order valence-electron chi connectivity index (χ1n) is 8.30. The van der Waals surface area contributed by atoms with Crippen LogP contribution in [0.15, 0.2) is 60.8 Å². The summed E-state index contributed by atoms with van der Waals surface area (Å²) in [6.45, 7) is 1.86. The quantitative estimate of drug-likeness (QED) is 0.331. The maximum absolute atomic E-state index is 4.92. The van der Waals surface area contributed by atoms with Crippen molar-refractivity contribution in [3.8, 4) is 11.4 Å². The van der Waals surface area contributed by atoms with E-state index < -0.39 is 0 Å². The number of halogens is 1. The molecule has 0 saturated carbocycles. The summed E-state index contributed by atoms with van der Waals surface area (Å²) in [5, 5.41) is 1.14. The zero-order chi connectivity index (χ0) is 18.5. The Morgan fingerprint density at radius 1 is 1.00 bits per heavy atom. The number of likely N-dealkylation sites (N-methyl/N-ethyl adjacent to an activating group) is 1. The number of pyridine rings is 1. The summed E-state index contributed by atoms with van der Waals surface area (Å²) in [5.74, 6) is 0.988. The van der Waals surface area contributed by atoms with Crippen molar-refractivity contribution in [2.45, 2.75) is 6.54 Å². The second-order valence-electron chi connectivity index (χ2n) is 6.26. The Balaban J connectivity index is 0.000000844. The van der Waals surface area contributed by atoms with Crippen LogP contribution < -0.4 is 0 Å². The van der Waals surface area contributed by atoms with E-state index in [1.54, 1.807) is 18.8 Å². The average molecular weight is 562 g/mol. The number of benzene rings is 2. The number of rotatable bonds is 4. The number of nitrogens with zero attached hydrogens (tertiary/aromatic N) is 4. The molecule has 0 atom stereocenters. The van der Waals surface area contributed by atoms with Crippen molar-refractivity contribution < 1.29 is 18.8 Å². The Bertz CT molecular complexity index is 1010. The molecule has 4 rings (SSSR count). The van der Waals surface area contributed by atoms with Crippen molar-refractivity contribution in [3.05, 3.63) is 68.2 Å². The van der Waals surface area contributed by atoms with Gasteiger partial charge in [0.15, 0.2) is 0 Å². The van der Waals surface area contributed by atoms with E-state index in [9.17, 15) is 0 Å². The van der Waals surface area contributed by atoms with Crippen molar-refractivity contribution in [3.63, 3.8) is 0 Å². The molecule has 2 aromatic heterocycles. The summed E-state index contributed by atoms with van der Waals surface area (Å²) in [6.07, 6.45) is 1.85. The minimum absolute atomic E-state index is 0. The van der Waals surface area contributed by atoms with Crippen molar-refractivity contribution in [1.82, 2.24) is 19.4 Å². The molecule has 6 heteroatoms. The van der Waals surface area contributed by atoms with Gasteiger partial charge in [0, 0.05) is 30.2 Å². The summed E-state index contributed by atoms with van der Waals surface area (Å²) < 4.78 is 2.30. The fraction of sp³-hybridized carbons (Fsp3) is 0.190. The van der Waals surface area contributed by atoms with Crippen LogP contribution in [0.1, 0.15) is 0 Å². The molecule has 0 aliphatic carbocycles. The van der Waals surface area contributed by atoms with Crippen LogP contribution >= 0.6 is 9.42 Å². The van der Waals surface area contributed by atoms with Crippen LogP contribution in [0.2, 0.25) is 0 Å². The van der Waals surface area contributed by atoms with Gasteiger partial charge in [0.2, 0.25) is 0 Å². The Hall–Kier alpha value is -1.74. The third kappa shape index (κ3) is 4.57. The molecule has 0 aliphatic heterocycles.